The number of hydrogen-bond donors (Lipinski definition) is 2. The Morgan fingerprint density at radius 2 is 1.85 bits per heavy atom. The number of nitrogens with one attached hydrogen (secondary N) is 1. The Kier molecular flexibility index (Phi) is 10.5. The Labute approximate surface area is 195 Å². The number of esters is 1. The second kappa shape index (κ2) is 13.0. The second-order valence-corrected chi connectivity index (χ2v) is 9.01. The van der Waals surface area contributed by atoms with E-state index in [2.05, 4.69) is 5.32 Å². The number of carbonyl (C=O) groups is 4. The molecule has 2 aliphatic heterocycles. The van der Waals surface area contributed by atoms with Crippen molar-refractivity contribution in [2.45, 2.75) is 71.5 Å². The van der Waals surface area contributed by atoms with Gasteiger partial charge in [0.1, 0.15) is 11.9 Å². The van der Waals surface area contributed by atoms with E-state index < -0.39 is 24.1 Å². The van der Waals surface area contributed by atoms with Crippen molar-refractivity contribution in [1.29, 1.82) is 0 Å². The van der Waals surface area contributed by atoms with Gasteiger partial charge in [-0.25, -0.2) is 4.79 Å². The van der Waals surface area contributed by atoms with Crippen molar-refractivity contribution in [1.82, 2.24) is 5.32 Å². The summed E-state index contributed by atoms with van der Waals surface area (Å²) in [5, 5.41) is 12.6. The van der Waals surface area contributed by atoms with Crippen LogP contribution in [0.2, 0.25) is 0 Å². The first-order valence-electron chi connectivity index (χ1n) is 11.6. The first kappa shape index (κ1) is 26.5. The summed E-state index contributed by atoms with van der Waals surface area (Å²) in [6, 6.07) is 0. The maximum atomic E-state index is 12.7. The summed E-state index contributed by atoms with van der Waals surface area (Å²) in [6.07, 6.45) is 13.6. The third kappa shape index (κ3) is 9.30. The van der Waals surface area contributed by atoms with E-state index in [1.807, 2.05) is 38.2 Å². The monoisotopic (exact) mass is 457 g/mol. The van der Waals surface area contributed by atoms with Crippen molar-refractivity contribution < 1.29 is 29.0 Å². The topological polar surface area (TPSA) is 110 Å². The number of imide groups is 1. The summed E-state index contributed by atoms with van der Waals surface area (Å²) in [7, 11) is 0. The molecule has 0 radical (unpaired) electrons. The van der Waals surface area contributed by atoms with Crippen LogP contribution in [0, 0.1) is 17.8 Å². The van der Waals surface area contributed by atoms with Crippen LogP contribution in [0.15, 0.2) is 48.1 Å². The lowest BCUT2D eigenvalue weighted by molar-refractivity contribution is -0.142. The van der Waals surface area contributed by atoms with Gasteiger partial charge in [-0.3, -0.25) is 19.7 Å². The Morgan fingerprint density at radius 1 is 1.18 bits per heavy atom. The van der Waals surface area contributed by atoms with E-state index in [0.717, 1.165) is 18.4 Å². The van der Waals surface area contributed by atoms with Gasteiger partial charge < -0.3 is 9.84 Å². The molecule has 0 spiro atoms. The molecule has 0 aliphatic carbocycles. The van der Waals surface area contributed by atoms with Crippen molar-refractivity contribution in [3.8, 4) is 0 Å². The molecule has 2 heterocycles. The predicted molar refractivity (Wildman–Crippen MR) is 125 cm³/mol. The molecule has 0 aromatic carbocycles. The standard InChI is InChI=1S/C26H35NO6/c1-17-10-8-6-4-5-7-9-11-25(32)33-26(17)19(3)12-18(2)22(29)16-21(28)13-20-14-23(30)27-24(31)15-20/h4,6,8-12,17-18,20-21,26,28H,5,7,13-16H2,1-3H3,(H,27,30,31)/b6-4-,10-8-,11-9+,19-12+/t17-,18-,21+,26+/m0/s1. The number of aliphatic hydroxyl groups excluding tert-OH is 1. The molecule has 180 valence electrons. The fraction of sp³-hybridized carbons (Fsp3) is 0.538. The molecule has 0 bridgehead atoms. The molecular weight excluding hydrogens is 422 g/mol. The van der Waals surface area contributed by atoms with Gasteiger partial charge in [-0.2, -0.15) is 0 Å². The number of allylic oxidation sites excluding steroid dienone is 5. The van der Waals surface area contributed by atoms with Crippen LogP contribution in [-0.4, -0.2) is 40.9 Å². The lowest BCUT2D eigenvalue weighted by Crippen LogP contribution is -2.39. The average molecular weight is 458 g/mol. The number of Topliss-reactive ketones (excluding diaryl/α,β-unsaturated/α-hetero) is 1. The van der Waals surface area contributed by atoms with E-state index in [-0.39, 0.29) is 55.1 Å². The molecule has 0 aromatic heterocycles. The van der Waals surface area contributed by atoms with Gasteiger partial charge in [-0.1, -0.05) is 50.3 Å². The van der Waals surface area contributed by atoms with Crippen molar-refractivity contribution in [2.24, 2.45) is 17.8 Å². The summed E-state index contributed by atoms with van der Waals surface area (Å²) in [5.74, 6) is -2.10. The molecule has 0 saturated carbocycles. The quantitative estimate of drug-likeness (QED) is 0.345. The molecule has 2 amide bonds. The second-order valence-electron chi connectivity index (χ2n) is 9.01. The molecule has 2 aliphatic rings. The molecule has 0 aromatic rings. The van der Waals surface area contributed by atoms with Gasteiger partial charge in [0.05, 0.1) is 6.10 Å². The third-order valence-corrected chi connectivity index (χ3v) is 5.88. The van der Waals surface area contributed by atoms with Crippen molar-refractivity contribution in [3.63, 3.8) is 0 Å². The number of rotatable bonds is 7. The van der Waals surface area contributed by atoms with Crippen molar-refractivity contribution in [3.05, 3.63) is 48.1 Å². The van der Waals surface area contributed by atoms with Gasteiger partial charge in [0.15, 0.2) is 0 Å². The maximum Gasteiger partial charge on any atom is 0.331 e. The summed E-state index contributed by atoms with van der Waals surface area (Å²) in [5.41, 5.74) is 0.764. The molecule has 1 saturated heterocycles. The number of amides is 2. The third-order valence-electron chi connectivity index (χ3n) is 5.88. The van der Waals surface area contributed by atoms with Crippen LogP contribution in [0.1, 0.15) is 59.3 Å². The predicted octanol–water partition coefficient (Wildman–Crippen LogP) is 3.34. The number of aliphatic hydroxyl groups is 1. The molecule has 7 heteroatoms. The fourth-order valence-corrected chi connectivity index (χ4v) is 4.16. The van der Waals surface area contributed by atoms with E-state index in [4.69, 9.17) is 4.74 Å². The maximum absolute atomic E-state index is 12.7. The zero-order valence-corrected chi connectivity index (χ0v) is 19.7. The zero-order valence-electron chi connectivity index (χ0n) is 19.7. The molecule has 2 N–H and O–H groups in total. The van der Waals surface area contributed by atoms with E-state index in [1.54, 1.807) is 19.1 Å². The van der Waals surface area contributed by atoms with Gasteiger partial charge >= 0.3 is 5.97 Å². The normalized spacial score (nSPS) is 27.9. The summed E-state index contributed by atoms with van der Waals surface area (Å²) < 4.78 is 5.68. The van der Waals surface area contributed by atoms with Gasteiger partial charge in [-0.05, 0) is 37.7 Å². The highest BCUT2D eigenvalue weighted by molar-refractivity contribution is 5.97. The van der Waals surface area contributed by atoms with E-state index in [1.165, 1.54) is 6.08 Å². The van der Waals surface area contributed by atoms with E-state index in [9.17, 15) is 24.3 Å². The Bertz CT molecular complexity index is 837. The number of ether oxygens (including phenoxy) is 1. The number of ketones is 1. The largest absolute Gasteiger partial charge is 0.454 e. The Morgan fingerprint density at radius 3 is 2.55 bits per heavy atom. The molecule has 4 atom stereocenters. The summed E-state index contributed by atoms with van der Waals surface area (Å²) >= 11 is 0. The van der Waals surface area contributed by atoms with Crippen LogP contribution < -0.4 is 5.32 Å². The summed E-state index contributed by atoms with van der Waals surface area (Å²) in [6.45, 7) is 5.53. The van der Waals surface area contributed by atoms with Gasteiger partial charge in [-0.15, -0.1) is 0 Å². The lowest BCUT2D eigenvalue weighted by Gasteiger charge is -2.24. The fourth-order valence-electron chi connectivity index (χ4n) is 4.16. The number of cyclic esters (lactones) is 1. The molecule has 33 heavy (non-hydrogen) atoms. The SMILES string of the molecule is C/C(=C\[C@H](C)C(=O)C[C@H](O)CC1CC(=O)NC(=O)C1)[C@@H]1OC(=O)/C=C/CC/C=C\C=C/[C@@H]1C. The molecule has 0 unspecified atom stereocenters. The van der Waals surface area contributed by atoms with Crippen molar-refractivity contribution >= 4 is 23.6 Å². The van der Waals surface area contributed by atoms with Gasteiger partial charge in [0, 0.05) is 37.2 Å². The Hall–Kier alpha value is -2.80. The highest BCUT2D eigenvalue weighted by Crippen LogP contribution is 2.24. The minimum atomic E-state index is -0.921. The highest BCUT2D eigenvalue weighted by Gasteiger charge is 2.28. The zero-order chi connectivity index (χ0) is 24.4. The minimum Gasteiger partial charge on any atom is -0.454 e. The van der Waals surface area contributed by atoms with Crippen LogP contribution in [0.3, 0.4) is 0 Å². The first-order chi connectivity index (χ1) is 15.7. The number of piperidine rings is 1. The van der Waals surface area contributed by atoms with Gasteiger partial charge in [0.2, 0.25) is 11.8 Å². The first-order valence-corrected chi connectivity index (χ1v) is 11.6. The average Bonchev–Trinajstić information content (AvgIpc) is 2.71. The van der Waals surface area contributed by atoms with Crippen LogP contribution in [0.5, 0.6) is 0 Å². The number of carbonyl (C=O) groups excluding carboxylic acids is 4. The Balaban J connectivity index is 2.01. The van der Waals surface area contributed by atoms with Crippen LogP contribution in [0.4, 0.5) is 0 Å². The van der Waals surface area contributed by atoms with E-state index >= 15 is 0 Å². The number of hydrogen-bond acceptors (Lipinski definition) is 6. The molecular formula is C26H35NO6. The van der Waals surface area contributed by atoms with E-state index in [0.29, 0.717) is 0 Å². The van der Waals surface area contributed by atoms with Crippen LogP contribution in [-0.2, 0) is 23.9 Å². The lowest BCUT2D eigenvalue weighted by atomic mass is 9.88. The highest BCUT2D eigenvalue weighted by atomic mass is 16.5. The molecule has 1 fully saturated rings. The van der Waals surface area contributed by atoms with Gasteiger partial charge in [0.25, 0.3) is 0 Å². The smallest absolute Gasteiger partial charge is 0.331 e. The van der Waals surface area contributed by atoms with Crippen LogP contribution in [0.25, 0.3) is 0 Å². The molecule has 7 nitrogen and oxygen atoms in total. The molecule has 2 rings (SSSR count). The minimum absolute atomic E-state index is 0.0648. The van der Waals surface area contributed by atoms with Crippen LogP contribution >= 0.6 is 0 Å². The van der Waals surface area contributed by atoms with Crippen molar-refractivity contribution in [2.75, 3.05) is 0 Å². The summed E-state index contributed by atoms with van der Waals surface area (Å²) in [4.78, 5) is 47.9.